The molecular weight excluding hydrogens is 241 g/mol. The van der Waals surface area contributed by atoms with Gasteiger partial charge in [-0.05, 0) is 27.2 Å². The molecule has 0 aliphatic carbocycles. The van der Waals surface area contributed by atoms with Crippen LogP contribution in [0.15, 0.2) is 0 Å². The number of carbonyl (C=O) groups excluding carboxylic acids is 1. The van der Waals surface area contributed by atoms with Gasteiger partial charge in [-0.2, -0.15) is 4.89 Å². The first-order valence-electron chi connectivity index (χ1n) is 3.95. The zero-order valence-corrected chi connectivity index (χ0v) is 12.3. The summed E-state index contributed by atoms with van der Waals surface area (Å²) in [5.41, 5.74) is -0.749. The first kappa shape index (κ1) is 18.1. The zero-order valence-electron chi connectivity index (χ0n) is 9.14. The predicted molar refractivity (Wildman–Crippen MR) is 44.4 cm³/mol. The number of amides is 1. The number of hydrogen-bond donors (Lipinski definition) is 1. The Labute approximate surface area is 129 Å². The third-order valence-corrected chi connectivity index (χ3v) is 0.845. The molecule has 0 fully saturated rings. The molecule has 15 heavy (non-hydrogen) atoms. The van der Waals surface area contributed by atoms with E-state index in [0.717, 1.165) is 0 Å². The molecule has 0 aliphatic rings. The molecule has 84 valence electrons. The summed E-state index contributed by atoms with van der Waals surface area (Å²) in [7, 11) is 0. The van der Waals surface area contributed by atoms with Gasteiger partial charge in [0.2, 0.25) is 0 Å². The van der Waals surface area contributed by atoms with Crippen LogP contribution in [0.1, 0.15) is 20.8 Å². The number of carbonyl (C=O) groups is 1. The minimum Gasteiger partial charge on any atom is -0.448 e. The standard InChI is InChI=1S/C6H12BF3NO3.K/c1-6(2,3)14-13-5(12)11-4-7(8,9)10;/h4H2,1-3H3,(H,11,12);/q-1;+1. The summed E-state index contributed by atoms with van der Waals surface area (Å²) in [5, 5.41) is 1.51. The maximum Gasteiger partial charge on any atom is 1.00 e. The summed E-state index contributed by atoms with van der Waals surface area (Å²) in [4.78, 5) is 19.1. The molecule has 0 saturated carbocycles. The Kier molecular flexibility index (Phi) is 8.60. The minimum absolute atomic E-state index is 0. The van der Waals surface area contributed by atoms with Crippen LogP contribution in [0.2, 0.25) is 0 Å². The SMILES string of the molecule is CC(C)(C)OOC(=O)NC[B-](F)(F)F.[K+]. The molecule has 0 aliphatic heterocycles. The summed E-state index contributed by atoms with van der Waals surface area (Å²) in [5.74, 6) is 0. The molecule has 0 saturated heterocycles. The van der Waals surface area contributed by atoms with Crippen LogP contribution in [-0.2, 0) is 9.78 Å². The third-order valence-electron chi connectivity index (χ3n) is 0.845. The monoisotopic (exact) mass is 253 g/mol. The van der Waals surface area contributed by atoms with Crippen molar-refractivity contribution < 1.29 is 78.9 Å². The van der Waals surface area contributed by atoms with Crippen molar-refractivity contribution in [2.24, 2.45) is 0 Å². The van der Waals surface area contributed by atoms with Crippen molar-refractivity contribution in [3.8, 4) is 0 Å². The fourth-order valence-electron chi connectivity index (χ4n) is 0.391. The Morgan fingerprint density at radius 3 is 2.13 bits per heavy atom. The topological polar surface area (TPSA) is 47.6 Å². The van der Waals surface area contributed by atoms with Gasteiger partial charge in [-0.25, -0.2) is 4.79 Å². The smallest absolute Gasteiger partial charge is 0.448 e. The second-order valence-electron chi connectivity index (χ2n) is 3.66. The van der Waals surface area contributed by atoms with E-state index in [1.54, 1.807) is 20.8 Å². The summed E-state index contributed by atoms with van der Waals surface area (Å²) >= 11 is 0. The van der Waals surface area contributed by atoms with E-state index in [1.165, 1.54) is 5.32 Å². The Morgan fingerprint density at radius 1 is 1.33 bits per heavy atom. The van der Waals surface area contributed by atoms with Gasteiger partial charge >= 0.3 is 64.5 Å². The van der Waals surface area contributed by atoms with E-state index < -0.39 is 25.1 Å². The van der Waals surface area contributed by atoms with Crippen LogP contribution < -0.4 is 56.7 Å². The maximum absolute atomic E-state index is 11.6. The van der Waals surface area contributed by atoms with Crippen LogP contribution in [0.3, 0.4) is 0 Å². The Bertz CT molecular complexity index is 187. The van der Waals surface area contributed by atoms with Gasteiger partial charge in [-0.15, -0.1) is 0 Å². The zero-order chi connectivity index (χ0) is 11.4. The van der Waals surface area contributed by atoms with Gasteiger partial charge in [-0.3, -0.25) is 4.89 Å². The second-order valence-corrected chi connectivity index (χ2v) is 3.66. The van der Waals surface area contributed by atoms with Crippen LogP contribution in [0.25, 0.3) is 0 Å². The summed E-state index contributed by atoms with van der Waals surface area (Å²) in [6.45, 7) is -0.271. The maximum atomic E-state index is 11.6. The van der Waals surface area contributed by atoms with Gasteiger partial charge in [0, 0.05) is 0 Å². The minimum atomic E-state index is -5.04. The normalized spacial score (nSPS) is 11.6. The predicted octanol–water partition coefficient (Wildman–Crippen LogP) is -1.17. The van der Waals surface area contributed by atoms with E-state index in [0.29, 0.717) is 0 Å². The molecule has 1 N–H and O–H groups in total. The van der Waals surface area contributed by atoms with Crippen LogP contribution in [0.5, 0.6) is 0 Å². The summed E-state index contributed by atoms with van der Waals surface area (Å²) < 4.78 is 34.9. The first-order chi connectivity index (χ1) is 6.10. The van der Waals surface area contributed by atoms with Gasteiger partial charge in [-0.1, -0.05) is 0 Å². The van der Waals surface area contributed by atoms with Crippen LogP contribution >= 0.6 is 0 Å². The van der Waals surface area contributed by atoms with Crippen LogP contribution in [-0.4, -0.2) is 25.1 Å². The van der Waals surface area contributed by atoms with Gasteiger partial charge in [0.1, 0.15) is 5.60 Å². The second kappa shape index (κ2) is 7.13. The van der Waals surface area contributed by atoms with Crippen molar-refractivity contribution >= 4 is 13.1 Å². The quantitative estimate of drug-likeness (QED) is 0.392. The summed E-state index contributed by atoms with van der Waals surface area (Å²) in [6.07, 6.45) is -2.63. The molecule has 0 unspecified atom stereocenters. The molecule has 0 heterocycles. The van der Waals surface area contributed by atoms with Crippen molar-refractivity contribution in [3.05, 3.63) is 0 Å². The van der Waals surface area contributed by atoms with E-state index in [2.05, 4.69) is 9.78 Å². The van der Waals surface area contributed by atoms with Crippen molar-refractivity contribution in [1.29, 1.82) is 0 Å². The van der Waals surface area contributed by atoms with Crippen molar-refractivity contribution in [1.82, 2.24) is 5.32 Å². The molecular formula is C6H12BF3KNO3. The molecule has 1 amide bonds. The molecule has 0 atom stereocenters. The molecule has 0 spiro atoms. The van der Waals surface area contributed by atoms with Gasteiger partial charge in [0.15, 0.2) is 0 Å². The molecule has 0 aromatic heterocycles. The molecule has 0 rings (SSSR count). The number of nitrogens with one attached hydrogen (secondary N) is 1. The Hall–Kier alpha value is 0.721. The van der Waals surface area contributed by atoms with Gasteiger partial charge in [0.05, 0.1) is 0 Å². The Balaban J connectivity index is 0. The van der Waals surface area contributed by atoms with Crippen molar-refractivity contribution in [2.75, 3.05) is 6.44 Å². The molecule has 4 nitrogen and oxygen atoms in total. The summed E-state index contributed by atoms with van der Waals surface area (Å²) in [6, 6.07) is 0. The van der Waals surface area contributed by atoms with E-state index in [-0.39, 0.29) is 51.4 Å². The molecule has 0 aromatic carbocycles. The first-order valence-corrected chi connectivity index (χ1v) is 3.95. The van der Waals surface area contributed by atoms with E-state index >= 15 is 0 Å². The largest absolute Gasteiger partial charge is 1.00 e. The van der Waals surface area contributed by atoms with Crippen molar-refractivity contribution in [3.63, 3.8) is 0 Å². The molecule has 0 radical (unpaired) electrons. The van der Waals surface area contributed by atoms with Crippen molar-refractivity contribution in [2.45, 2.75) is 26.4 Å². The number of halogens is 3. The third kappa shape index (κ3) is 14.7. The number of rotatable bonds is 3. The average molecular weight is 253 g/mol. The fraction of sp³-hybridized carbons (Fsp3) is 0.833. The van der Waals surface area contributed by atoms with E-state index in [9.17, 15) is 17.7 Å². The van der Waals surface area contributed by atoms with Crippen LogP contribution in [0.4, 0.5) is 17.7 Å². The van der Waals surface area contributed by atoms with Gasteiger partial charge in [0.25, 0.3) is 0 Å². The Morgan fingerprint density at radius 2 is 1.80 bits per heavy atom. The van der Waals surface area contributed by atoms with Crippen LogP contribution in [0, 0.1) is 0 Å². The fourth-order valence-corrected chi connectivity index (χ4v) is 0.391. The van der Waals surface area contributed by atoms with Gasteiger partial charge < -0.3 is 18.3 Å². The average Bonchev–Trinajstić information content (AvgIpc) is 1.94. The molecule has 0 bridgehead atoms. The van der Waals surface area contributed by atoms with E-state index in [1.807, 2.05) is 0 Å². The molecule has 9 heteroatoms. The number of hydrogen-bond acceptors (Lipinski definition) is 3. The van der Waals surface area contributed by atoms with E-state index in [4.69, 9.17) is 0 Å². The molecule has 0 aromatic rings.